The second-order valence-electron chi connectivity index (χ2n) is 4.37. The molecule has 0 radical (unpaired) electrons. The van der Waals surface area contributed by atoms with Crippen molar-refractivity contribution in [3.8, 4) is 0 Å². The summed E-state index contributed by atoms with van der Waals surface area (Å²) >= 11 is 0. The van der Waals surface area contributed by atoms with Crippen LogP contribution < -0.4 is 10.0 Å². The number of ether oxygens (including phenoxy) is 1. The minimum atomic E-state index is -3.52. The third kappa shape index (κ3) is 5.44. The average molecular weight is 301 g/mol. The molecule has 2 N–H and O–H groups in total. The number of methoxy groups -OCH3 is 1. The van der Waals surface area contributed by atoms with Crippen molar-refractivity contribution < 1.29 is 13.2 Å². The molecule has 0 aromatic carbocycles. The van der Waals surface area contributed by atoms with Gasteiger partial charge in [0.05, 0.1) is 0 Å². The molecule has 0 spiro atoms. The smallest absolute Gasteiger partial charge is 0.244 e. The normalized spacial score (nSPS) is 11.5. The fraction of sp³-hybridized carbons (Fsp3) is 0.615. The molecular formula is C13H23N3O3S. The summed E-state index contributed by atoms with van der Waals surface area (Å²) in [6.07, 6.45) is 4.05. The maximum Gasteiger partial charge on any atom is 0.244 e. The van der Waals surface area contributed by atoms with Crippen LogP contribution in [0.5, 0.6) is 0 Å². The first-order valence-electron chi connectivity index (χ1n) is 6.79. The molecular weight excluding hydrogens is 278 g/mol. The molecule has 0 saturated heterocycles. The Kier molecular flexibility index (Phi) is 7.50. The van der Waals surface area contributed by atoms with Crippen LogP contribution in [-0.2, 0) is 14.8 Å². The number of hydrogen-bond donors (Lipinski definition) is 2. The van der Waals surface area contributed by atoms with E-state index >= 15 is 0 Å². The highest BCUT2D eigenvalue weighted by atomic mass is 32.2. The molecule has 114 valence electrons. The Labute approximate surface area is 121 Å². The van der Waals surface area contributed by atoms with Crippen LogP contribution in [-0.4, -0.2) is 40.2 Å². The predicted octanol–water partition coefficient (Wildman–Crippen LogP) is 1.61. The number of aromatic nitrogens is 1. The van der Waals surface area contributed by atoms with Crippen LogP contribution in [0.15, 0.2) is 23.2 Å². The Morgan fingerprint density at radius 2 is 2.10 bits per heavy atom. The van der Waals surface area contributed by atoms with E-state index in [0.29, 0.717) is 25.5 Å². The van der Waals surface area contributed by atoms with Gasteiger partial charge in [-0.3, -0.25) is 0 Å². The molecule has 1 rings (SSSR count). The number of nitrogens with zero attached hydrogens (tertiary/aromatic N) is 1. The number of pyridine rings is 1. The molecule has 20 heavy (non-hydrogen) atoms. The summed E-state index contributed by atoms with van der Waals surface area (Å²) in [5.41, 5.74) is 0. The van der Waals surface area contributed by atoms with Gasteiger partial charge in [-0.25, -0.2) is 18.1 Å². The van der Waals surface area contributed by atoms with Crippen LogP contribution in [0.1, 0.15) is 26.2 Å². The molecule has 0 aliphatic heterocycles. The van der Waals surface area contributed by atoms with Gasteiger partial charge in [0.15, 0.2) is 0 Å². The van der Waals surface area contributed by atoms with E-state index in [-0.39, 0.29) is 4.90 Å². The summed E-state index contributed by atoms with van der Waals surface area (Å²) in [4.78, 5) is 4.28. The summed E-state index contributed by atoms with van der Waals surface area (Å²) < 4.78 is 32.0. The number of nitrogens with one attached hydrogen (secondary N) is 2. The molecule has 0 bridgehead atoms. The van der Waals surface area contributed by atoms with Crippen molar-refractivity contribution in [1.29, 1.82) is 0 Å². The van der Waals surface area contributed by atoms with Gasteiger partial charge in [0.2, 0.25) is 10.0 Å². The lowest BCUT2D eigenvalue weighted by Gasteiger charge is -2.11. The third-order valence-electron chi connectivity index (χ3n) is 2.67. The summed E-state index contributed by atoms with van der Waals surface area (Å²) in [6, 6.07) is 3.18. The highest BCUT2D eigenvalue weighted by molar-refractivity contribution is 7.89. The highest BCUT2D eigenvalue weighted by Gasteiger charge is 2.18. The van der Waals surface area contributed by atoms with Gasteiger partial charge in [-0.05, 0) is 31.4 Å². The van der Waals surface area contributed by atoms with Crippen LogP contribution in [0.4, 0.5) is 5.82 Å². The van der Waals surface area contributed by atoms with Crippen LogP contribution >= 0.6 is 0 Å². The number of hydrogen-bond acceptors (Lipinski definition) is 5. The first-order chi connectivity index (χ1) is 9.61. The predicted molar refractivity (Wildman–Crippen MR) is 79.3 cm³/mol. The van der Waals surface area contributed by atoms with Crippen molar-refractivity contribution in [3.63, 3.8) is 0 Å². The van der Waals surface area contributed by atoms with E-state index in [1.54, 1.807) is 25.4 Å². The van der Waals surface area contributed by atoms with E-state index in [2.05, 4.69) is 15.0 Å². The lowest BCUT2D eigenvalue weighted by atomic mass is 10.3. The molecule has 1 aromatic heterocycles. The Hall–Kier alpha value is -1.18. The fourth-order valence-corrected chi connectivity index (χ4v) is 2.84. The zero-order valence-corrected chi connectivity index (χ0v) is 12.9. The van der Waals surface area contributed by atoms with Crippen LogP contribution in [0, 0.1) is 0 Å². The zero-order valence-electron chi connectivity index (χ0n) is 12.1. The van der Waals surface area contributed by atoms with Crippen molar-refractivity contribution in [2.24, 2.45) is 0 Å². The monoisotopic (exact) mass is 301 g/mol. The number of sulfonamides is 1. The van der Waals surface area contributed by atoms with Gasteiger partial charge >= 0.3 is 0 Å². The lowest BCUT2D eigenvalue weighted by molar-refractivity contribution is 0.193. The van der Waals surface area contributed by atoms with E-state index in [1.165, 1.54) is 0 Å². The van der Waals surface area contributed by atoms with E-state index in [4.69, 9.17) is 4.74 Å². The molecule has 0 fully saturated rings. The Bertz CT molecular complexity index is 491. The molecule has 0 aliphatic carbocycles. The summed E-state index contributed by atoms with van der Waals surface area (Å²) in [5, 5.41) is 3.03. The minimum Gasteiger partial charge on any atom is -0.385 e. The van der Waals surface area contributed by atoms with Gasteiger partial charge in [-0.1, -0.05) is 6.92 Å². The van der Waals surface area contributed by atoms with Gasteiger partial charge in [0.1, 0.15) is 10.7 Å². The molecule has 0 amide bonds. The van der Waals surface area contributed by atoms with E-state index in [1.807, 2.05) is 6.92 Å². The maximum absolute atomic E-state index is 12.2. The van der Waals surface area contributed by atoms with Gasteiger partial charge < -0.3 is 10.1 Å². The molecule has 7 heteroatoms. The van der Waals surface area contributed by atoms with Crippen molar-refractivity contribution in [3.05, 3.63) is 18.3 Å². The standard InChI is InChI=1S/C13H23N3O3S/c1-3-8-14-13-12(7-6-9-15-13)20(17,18)16-10-4-5-11-19-2/h6-7,9,16H,3-5,8,10-11H2,1-2H3,(H,14,15). The maximum atomic E-state index is 12.2. The SMILES string of the molecule is CCCNc1ncccc1S(=O)(=O)NCCCCOC. The first-order valence-corrected chi connectivity index (χ1v) is 8.27. The van der Waals surface area contributed by atoms with Gasteiger partial charge in [0, 0.05) is 33.0 Å². The minimum absolute atomic E-state index is 0.195. The van der Waals surface area contributed by atoms with Crippen molar-refractivity contribution in [1.82, 2.24) is 9.71 Å². The van der Waals surface area contributed by atoms with E-state index in [0.717, 1.165) is 19.3 Å². The van der Waals surface area contributed by atoms with Crippen LogP contribution in [0.3, 0.4) is 0 Å². The van der Waals surface area contributed by atoms with Crippen molar-refractivity contribution in [2.75, 3.05) is 32.1 Å². The Morgan fingerprint density at radius 3 is 2.80 bits per heavy atom. The van der Waals surface area contributed by atoms with Gasteiger partial charge in [-0.2, -0.15) is 0 Å². The van der Waals surface area contributed by atoms with Crippen LogP contribution in [0.25, 0.3) is 0 Å². The Morgan fingerprint density at radius 1 is 1.30 bits per heavy atom. The second kappa shape index (κ2) is 8.89. The number of rotatable bonds is 10. The van der Waals surface area contributed by atoms with Crippen molar-refractivity contribution in [2.45, 2.75) is 31.1 Å². The molecule has 1 heterocycles. The molecule has 0 unspecified atom stereocenters. The lowest BCUT2D eigenvalue weighted by Crippen LogP contribution is -2.26. The van der Waals surface area contributed by atoms with E-state index < -0.39 is 10.0 Å². The number of anilines is 1. The first kappa shape index (κ1) is 16.9. The largest absolute Gasteiger partial charge is 0.385 e. The van der Waals surface area contributed by atoms with Crippen LogP contribution in [0.2, 0.25) is 0 Å². The van der Waals surface area contributed by atoms with E-state index in [9.17, 15) is 8.42 Å². The van der Waals surface area contributed by atoms with Crippen molar-refractivity contribution >= 4 is 15.8 Å². The average Bonchev–Trinajstić information content (AvgIpc) is 2.45. The quantitative estimate of drug-likeness (QED) is 0.642. The summed E-state index contributed by atoms with van der Waals surface area (Å²) in [7, 11) is -1.89. The van der Waals surface area contributed by atoms with Gasteiger partial charge in [-0.15, -0.1) is 0 Å². The molecule has 0 atom stereocenters. The highest BCUT2D eigenvalue weighted by Crippen LogP contribution is 2.17. The molecule has 1 aromatic rings. The third-order valence-corrected chi connectivity index (χ3v) is 4.16. The fourth-order valence-electron chi connectivity index (χ4n) is 1.64. The second-order valence-corrected chi connectivity index (χ2v) is 6.11. The number of unbranched alkanes of at least 4 members (excludes halogenated alkanes) is 1. The summed E-state index contributed by atoms with van der Waals surface area (Å²) in [6.45, 7) is 3.73. The Balaban J connectivity index is 2.66. The molecule has 0 aliphatic rings. The summed E-state index contributed by atoms with van der Waals surface area (Å²) in [5.74, 6) is 0.402. The topological polar surface area (TPSA) is 80.3 Å². The zero-order chi connectivity index (χ0) is 14.8. The van der Waals surface area contributed by atoms with Gasteiger partial charge in [0.25, 0.3) is 0 Å². The molecule has 0 saturated carbocycles. The molecule has 6 nitrogen and oxygen atoms in total.